The molecule has 0 aliphatic carbocycles. The van der Waals surface area contributed by atoms with Crippen LogP contribution in [0.3, 0.4) is 0 Å². The second-order valence-electron chi connectivity index (χ2n) is 5.73. The van der Waals surface area contributed by atoms with Gasteiger partial charge in [-0.2, -0.15) is 0 Å². The minimum atomic E-state index is -0.209. The number of hydrogen-bond donors (Lipinski definition) is 1. The maximum atomic E-state index is 12.0. The number of nitrogens with zero attached hydrogens (tertiary/aromatic N) is 1. The molecule has 0 bridgehead atoms. The summed E-state index contributed by atoms with van der Waals surface area (Å²) in [7, 11) is 1.62. The van der Waals surface area contributed by atoms with Gasteiger partial charge in [-0.15, -0.1) is 0 Å². The van der Waals surface area contributed by atoms with Gasteiger partial charge in [-0.1, -0.05) is 13.8 Å². The number of methoxy groups -OCH3 is 1. The summed E-state index contributed by atoms with van der Waals surface area (Å²) in [6.45, 7) is 7.90. The number of carbonyl (C=O) groups excluding carboxylic acids is 2. The van der Waals surface area contributed by atoms with E-state index in [-0.39, 0.29) is 23.8 Å². The first-order valence-electron chi connectivity index (χ1n) is 7.01. The van der Waals surface area contributed by atoms with Gasteiger partial charge in [-0.25, -0.2) is 0 Å². The number of rotatable bonds is 7. The van der Waals surface area contributed by atoms with Crippen molar-refractivity contribution in [2.45, 2.75) is 39.7 Å². The molecule has 0 aromatic rings. The summed E-state index contributed by atoms with van der Waals surface area (Å²) in [5, 5.41) is 2.92. The van der Waals surface area contributed by atoms with Gasteiger partial charge in [0.2, 0.25) is 11.8 Å². The zero-order valence-corrected chi connectivity index (χ0v) is 12.4. The smallest absolute Gasteiger partial charge is 0.225 e. The molecule has 0 spiro atoms. The number of carbonyl (C=O) groups is 2. The first-order valence-corrected chi connectivity index (χ1v) is 7.01. The molecule has 1 rings (SSSR count). The van der Waals surface area contributed by atoms with Crippen molar-refractivity contribution < 1.29 is 14.3 Å². The van der Waals surface area contributed by atoms with Crippen LogP contribution >= 0.6 is 0 Å². The molecule has 2 amide bonds. The van der Waals surface area contributed by atoms with Crippen molar-refractivity contribution in [2.24, 2.45) is 11.8 Å². The molecule has 0 saturated carbocycles. The molecule has 1 heterocycles. The van der Waals surface area contributed by atoms with E-state index in [0.717, 1.165) is 6.42 Å². The predicted octanol–water partition coefficient (Wildman–Crippen LogP) is 1.03. The summed E-state index contributed by atoms with van der Waals surface area (Å²) in [5.41, 5.74) is 0. The van der Waals surface area contributed by atoms with Gasteiger partial charge in [-0.3, -0.25) is 9.59 Å². The van der Waals surface area contributed by atoms with Gasteiger partial charge in [0.15, 0.2) is 0 Å². The van der Waals surface area contributed by atoms with Crippen LogP contribution in [0, 0.1) is 11.8 Å². The largest absolute Gasteiger partial charge is 0.383 e. The van der Waals surface area contributed by atoms with Crippen molar-refractivity contribution in [1.82, 2.24) is 10.2 Å². The normalized spacial score (nSPS) is 21.0. The molecule has 1 aliphatic rings. The number of ether oxygens (including phenoxy) is 1. The summed E-state index contributed by atoms with van der Waals surface area (Å²) >= 11 is 0. The van der Waals surface area contributed by atoms with Gasteiger partial charge < -0.3 is 15.0 Å². The molecular formula is C14H26N2O3. The summed E-state index contributed by atoms with van der Waals surface area (Å²) in [6.07, 6.45) is 1.29. The van der Waals surface area contributed by atoms with Crippen molar-refractivity contribution in [2.75, 3.05) is 26.8 Å². The van der Waals surface area contributed by atoms with Crippen LogP contribution in [0.5, 0.6) is 0 Å². The third-order valence-electron chi connectivity index (χ3n) is 3.49. The minimum absolute atomic E-state index is 0.00103. The van der Waals surface area contributed by atoms with Gasteiger partial charge in [0.25, 0.3) is 0 Å². The number of nitrogens with one attached hydrogen (secondary N) is 1. The minimum Gasteiger partial charge on any atom is -0.383 e. The third-order valence-corrected chi connectivity index (χ3v) is 3.49. The highest BCUT2D eigenvalue weighted by Gasteiger charge is 2.36. The van der Waals surface area contributed by atoms with E-state index in [9.17, 15) is 9.59 Å². The second-order valence-corrected chi connectivity index (χ2v) is 5.73. The number of amides is 2. The highest BCUT2D eigenvalue weighted by molar-refractivity contribution is 5.89. The Morgan fingerprint density at radius 1 is 1.47 bits per heavy atom. The lowest BCUT2D eigenvalue weighted by molar-refractivity contribution is -0.130. The van der Waals surface area contributed by atoms with Gasteiger partial charge in [0.1, 0.15) is 0 Å². The third kappa shape index (κ3) is 4.82. The molecule has 1 fully saturated rings. The van der Waals surface area contributed by atoms with Crippen molar-refractivity contribution in [3.05, 3.63) is 0 Å². The first kappa shape index (κ1) is 16.0. The van der Waals surface area contributed by atoms with Crippen LogP contribution < -0.4 is 5.32 Å². The quantitative estimate of drug-likeness (QED) is 0.752. The Kier molecular flexibility index (Phi) is 6.28. The highest BCUT2D eigenvalue weighted by Crippen LogP contribution is 2.20. The topological polar surface area (TPSA) is 58.6 Å². The lowest BCUT2D eigenvalue weighted by atomic mass is 10.1. The van der Waals surface area contributed by atoms with Crippen LogP contribution in [0.25, 0.3) is 0 Å². The molecule has 1 N–H and O–H groups in total. The van der Waals surface area contributed by atoms with Gasteiger partial charge in [0, 0.05) is 26.6 Å². The van der Waals surface area contributed by atoms with Crippen molar-refractivity contribution in [1.29, 1.82) is 0 Å². The zero-order valence-electron chi connectivity index (χ0n) is 12.4. The molecule has 1 saturated heterocycles. The van der Waals surface area contributed by atoms with Gasteiger partial charge in [-0.05, 0) is 19.3 Å². The summed E-state index contributed by atoms with van der Waals surface area (Å²) in [6, 6.07) is 0.0333. The van der Waals surface area contributed by atoms with E-state index in [2.05, 4.69) is 19.2 Å². The van der Waals surface area contributed by atoms with E-state index >= 15 is 0 Å². The van der Waals surface area contributed by atoms with E-state index in [0.29, 0.717) is 32.0 Å². The molecule has 5 heteroatoms. The zero-order chi connectivity index (χ0) is 14.4. The fraction of sp³-hybridized carbons (Fsp3) is 0.857. The lowest BCUT2D eigenvalue weighted by Crippen LogP contribution is -2.39. The Morgan fingerprint density at radius 3 is 2.74 bits per heavy atom. The molecule has 2 atom stereocenters. The Hall–Kier alpha value is -1.10. The summed E-state index contributed by atoms with van der Waals surface area (Å²) in [4.78, 5) is 25.6. The van der Waals surface area contributed by atoms with Crippen LogP contribution in [0.2, 0.25) is 0 Å². The van der Waals surface area contributed by atoms with E-state index in [1.54, 1.807) is 12.0 Å². The Bertz CT molecular complexity index is 318. The average Bonchev–Trinajstić information content (AvgIpc) is 2.71. The molecular weight excluding hydrogens is 244 g/mol. The molecule has 1 aliphatic heterocycles. The second kappa shape index (κ2) is 7.48. The number of likely N-dealkylation sites (tertiary alicyclic amines) is 1. The van der Waals surface area contributed by atoms with Crippen molar-refractivity contribution in [3.63, 3.8) is 0 Å². The number of hydrogen-bond acceptors (Lipinski definition) is 3. The van der Waals surface area contributed by atoms with Crippen LogP contribution in [-0.4, -0.2) is 49.6 Å². The van der Waals surface area contributed by atoms with Crippen molar-refractivity contribution >= 4 is 11.8 Å². The van der Waals surface area contributed by atoms with Crippen LogP contribution in [0.1, 0.15) is 33.6 Å². The van der Waals surface area contributed by atoms with Gasteiger partial charge >= 0.3 is 0 Å². The fourth-order valence-corrected chi connectivity index (χ4v) is 2.29. The van der Waals surface area contributed by atoms with E-state index < -0.39 is 0 Å². The van der Waals surface area contributed by atoms with Crippen LogP contribution in [-0.2, 0) is 14.3 Å². The van der Waals surface area contributed by atoms with Gasteiger partial charge in [0.05, 0.1) is 18.6 Å². The summed E-state index contributed by atoms with van der Waals surface area (Å²) < 4.78 is 5.06. The molecule has 0 aromatic heterocycles. The highest BCUT2D eigenvalue weighted by atomic mass is 16.5. The molecule has 5 nitrogen and oxygen atoms in total. The predicted molar refractivity (Wildman–Crippen MR) is 73.6 cm³/mol. The SMILES string of the molecule is COC[C@H](C)N1C[C@H](C(=O)NCCC(C)C)CC1=O. The van der Waals surface area contributed by atoms with Crippen LogP contribution in [0.15, 0.2) is 0 Å². The van der Waals surface area contributed by atoms with E-state index in [1.807, 2.05) is 6.92 Å². The molecule has 110 valence electrons. The summed E-state index contributed by atoms with van der Waals surface area (Å²) in [5.74, 6) is 0.414. The monoisotopic (exact) mass is 270 g/mol. The average molecular weight is 270 g/mol. The molecule has 19 heavy (non-hydrogen) atoms. The molecule has 0 aromatic carbocycles. The maximum absolute atomic E-state index is 12.0. The van der Waals surface area contributed by atoms with Crippen LogP contribution in [0.4, 0.5) is 0 Å². The Morgan fingerprint density at radius 2 is 2.16 bits per heavy atom. The molecule has 0 radical (unpaired) electrons. The fourth-order valence-electron chi connectivity index (χ4n) is 2.29. The Labute approximate surface area is 115 Å². The molecule has 0 unspecified atom stereocenters. The van der Waals surface area contributed by atoms with Crippen molar-refractivity contribution in [3.8, 4) is 0 Å². The van der Waals surface area contributed by atoms with E-state index in [4.69, 9.17) is 4.74 Å². The first-order chi connectivity index (χ1) is 8.95. The Balaban J connectivity index is 2.40. The lowest BCUT2D eigenvalue weighted by Gasteiger charge is -2.23. The maximum Gasteiger partial charge on any atom is 0.225 e. The van der Waals surface area contributed by atoms with E-state index in [1.165, 1.54) is 0 Å². The standard InChI is InChI=1S/C14H26N2O3/c1-10(2)5-6-15-14(18)12-7-13(17)16(8-12)11(3)9-19-4/h10-12H,5-9H2,1-4H3,(H,15,18)/t11-,12+/m0/s1.